The molecule has 39 heavy (non-hydrogen) atoms. The molecule has 0 spiro atoms. The number of ether oxygens (including phenoxy) is 4. The van der Waals surface area contributed by atoms with Crippen LogP contribution in [0.15, 0.2) is 36.5 Å². The summed E-state index contributed by atoms with van der Waals surface area (Å²) in [6.07, 6.45) is 4.62. The molecule has 2 fully saturated rings. The molecule has 0 unspecified atom stereocenters. The minimum atomic E-state index is -0.307. The summed E-state index contributed by atoms with van der Waals surface area (Å²) in [5.41, 5.74) is 3.50. The third-order valence-electron chi connectivity index (χ3n) is 8.76. The van der Waals surface area contributed by atoms with Crippen molar-refractivity contribution in [1.29, 1.82) is 0 Å². The lowest BCUT2D eigenvalue weighted by Gasteiger charge is -2.41. The van der Waals surface area contributed by atoms with Crippen molar-refractivity contribution in [2.75, 3.05) is 60.2 Å². The van der Waals surface area contributed by atoms with Crippen molar-refractivity contribution in [2.24, 2.45) is 0 Å². The molecule has 4 aliphatic rings. The van der Waals surface area contributed by atoms with E-state index in [0.717, 1.165) is 85.5 Å². The van der Waals surface area contributed by atoms with Crippen molar-refractivity contribution in [3.05, 3.63) is 42.1 Å². The third kappa shape index (κ3) is 4.43. The van der Waals surface area contributed by atoms with Crippen LogP contribution in [0.3, 0.4) is 0 Å². The summed E-state index contributed by atoms with van der Waals surface area (Å²) in [7, 11) is 3.80. The molecule has 0 saturated carbocycles. The molecule has 7 rings (SSSR count). The fourth-order valence-corrected chi connectivity index (χ4v) is 6.42. The van der Waals surface area contributed by atoms with Crippen LogP contribution in [0, 0.1) is 0 Å². The number of nitrogens with zero attached hydrogens (tertiary/aromatic N) is 4. The SMILES string of the molecule is COc1ccc2cc3[n+](cc2c1OC(=O)N1CCC(N2CCN(C)CC2)CC1)CCc1cc2c(cc1-3)OCO2. The standard InChI is InChI=1S/C30H35N4O5/c1-31-11-13-32(14-12-31)22-6-9-33(10-7-22)30(35)39-29-24-18-34-8-5-21-16-27-28(38-19-37-27)17-23(21)25(34)15-20(24)3-4-26(29)36-2/h3-4,15-18,22H,5-14,19H2,1-2H3/q+1. The van der Waals surface area contributed by atoms with E-state index in [1.807, 2.05) is 17.0 Å². The Morgan fingerprint density at radius 1 is 1.00 bits per heavy atom. The Morgan fingerprint density at radius 3 is 2.54 bits per heavy atom. The molecule has 4 aliphatic heterocycles. The van der Waals surface area contributed by atoms with Crippen LogP contribution in [0.4, 0.5) is 4.79 Å². The summed E-state index contributed by atoms with van der Waals surface area (Å²) in [5, 5.41) is 1.85. The Labute approximate surface area is 228 Å². The van der Waals surface area contributed by atoms with E-state index in [9.17, 15) is 4.79 Å². The van der Waals surface area contributed by atoms with E-state index in [2.05, 4.69) is 45.8 Å². The molecule has 2 aromatic carbocycles. The molecule has 9 heteroatoms. The highest BCUT2D eigenvalue weighted by atomic mass is 16.7. The number of aromatic nitrogens is 1. The van der Waals surface area contributed by atoms with E-state index in [-0.39, 0.29) is 12.9 Å². The summed E-state index contributed by atoms with van der Waals surface area (Å²) in [5.74, 6) is 2.63. The topological polar surface area (TPSA) is 67.6 Å². The maximum Gasteiger partial charge on any atom is 0.415 e. The predicted molar refractivity (Wildman–Crippen MR) is 146 cm³/mol. The quantitative estimate of drug-likeness (QED) is 0.481. The van der Waals surface area contributed by atoms with Gasteiger partial charge in [0.15, 0.2) is 35.7 Å². The van der Waals surface area contributed by atoms with Crippen molar-refractivity contribution in [2.45, 2.75) is 31.8 Å². The van der Waals surface area contributed by atoms with Crippen LogP contribution in [0.2, 0.25) is 0 Å². The van der Waals surface area contributed by atoms with E-state index < -0.39 is 0 Å². The maximum atomic E-state index is 13.4. The summed E-state index contributed by atoms with van der Waals surface area (Å²) < 4.78 is 25.2. The van der Waals surface area contributed by atoms with Crippen molar-refractivity contribution in [1.82, 2.24) is 14.7 Å². The van der Waals surface area contributed by atoms with E-state index in [1.165, 1.54) is 5.56 Å². The molecule has 0 atom stereocenters. The van der Waals surface area contributed by atoms with Gasteiger partial charge in [0.1, 0.15) is 0 Å². The van der Waals surface area contributed by atoms with Crippen LogP contribution in [0.25, 0.3) is 22.0 Å². The molecule has 0 aliphatic carbocycles. The average Bonchev–Trinajstić information content (AvgIpc) is 3.43. The van der Waals surface area contributed by atoms with Crippen molar-refractivity contribution in [3.8, 4) is 34.3 Å². The Kier molecular flexibility index (Phi) is 6.20. The van der Waals surface area contributed by atoms with Gasteiger partial charge in [0.05, 0.1) is 18.1 Å². The highest BCUT2D eigenvalue weighted by Gasteiger charge is 2.32. The van der Waals surface area contributed by atoms with Gasteiger partial charge in [-0.3, -0.25) is 4.90 Å². The summed E-state index contributed by atoms with van der Waals surface area (Å²) in [6.45, 7) is 6.94. The normalized spacial score (nSPS) is 19.6. The fourth-order valence-electron chi connectivity index (χ4n) is 6.42. The Hall–Kier alpha value is -3.56. The van der Waals surface area contributed by atoms with Gasteiger partial charge in [0.2, 0.25) is 12.5 Å². The number of aryl methyl sites for hydroxylation is 2. The first-order chi connectivity index (χ1) is 19.1. The zero-order chi connectivity index (χ0) is 26.5. The van der Waals surface area contributed by atoms with Gasteiger partial charge in [-0.25, -0.2) is 4.79 Å². The summed E-state index contributed by atoms with van der Waals surface area (Å²) in [4.78, 5) is 20.2. The molecule has 2 saturated heterocycles. The molecule has 1 aromatic heterocycles. The van der Waals surface area contributed by atoms with E-state index >= 15 is 0 Å². The zero-order valence-electron chi connectivity index (χ0n) is 22.6. The first kappa shape index (κ1) is 24.5. The number of amides is 1. The molecular formula is C30H35N4O5+. The molecule has 0 N–H and O–H groups in total. The molecule has 3 aromatic rings. The van der Waals surface area contributed by atoms with Crippen LogP contribution in [0.5, 0.6) is 23.0 Å². The van der Waals surface area contributed by atoms with Gasteiger partial charge in [-0.15, -0.1) is 0 Å². The Bertz CT molecular complexity index is 1430. The van der Waals surface area contributed by atoms with Crippen molar-refractivity contribution >= 4 is 16.9 Å². The highest BCUT2D eigenvalue weighted by molar-refractivity contribution is 5.93. The second-order valence-corrected chi connectivity index (χ2v) is 11.0. The largest absolute Gasteiger partial charge is 0.493 e. The van der Waals surface area contributed by atoms with Gasteiger partial charge in [-0.05, 0) is 55.1 Å². The number of likely N-dealkylation sites (N-methyl/N-ethyl adjacent to an activating group) is 1. The molecule has 0 radical (unpaired) electrons. The van der Waals surface area contributed by atoms with Gasteiger partial charge in [0.25, 0.3) is 0 Å². The highest BCUT2D eigenvalue weighted by Crippen LogP contribution is 2.42. The molecule has 9 nitrogen and oxygen atoms in total. The lowest BCUT2D eigenvalue weighted by atomic mass is 9.95. The van der Waals surface area contributed by atoms with E-state index in [0.29, 0.717) is 30.6 Å². The number of benzene rings is 2. The monoisotopic (exact) mass is 531 g/mol. The maximum absolute atomic E-state index is 13.4. The van der Waals surface area contributed by atoms with E-state index in [4.69, 9.17) is 18.9 Å². The molecule has 1 amide bonds. The zero-order valence-corrected chi connectivity index (χ0v) is 22.6. The number of hydrogen-bond donors (Lipinski definition) is 0. The Morgan fingerprint density at radius 2 is 1.77 bits per heavy atom. The lowest BCUT2D eigenvalue weighted by Crippen LogP contribution is -2.53. The van der Waals surface area contributed by atoms with Crippen LogP contribution in [-0.4, -0.2) is 87.1 Å². The first-order valence-corrected chi connectivity index (χ1v) is 13.9. The number of methoxy groups -OCH3 is 1. The fraction of sp³-hybridized carbons (Fsp3) is 0.467. The van der Waals surface area contributed by atoms with Crippen LogP contribution in [0.1, 0.15) is 18.4 Å². The number of rotatable bonds is 3. The number of piperidine rings is 1. The minimum absolute atomic E-state index is 0.262. The molecule has 5 heterocycles. The van der Waals surface area contributed by atoms with Crippen LogP contribution in [-0.2, 0) is 13.0 Å². The van der Waals surface area contributed by atoms with Crippen molar-refractivity contribution in [3.63, 3.8) is 0 Å². The van der Waals surface area contributed by atoms with Gasteiger partial charge in [-0.2, -0.15) is 4.57 Å². The van der Waals surface area contributed by atoms with E-state index in [1.54, 1.807) is 7.11 Å². The van der Waals surface area contributed by atoms with Gasteiger partial charge < -0.3 is 28.7 Å². The lowest BCUT2D eigenvalue weighted by molar-refractivity contribution is -0.686. The van der Waals surface area contributed by atoms with Crippen molar-refractivity contribution < 1.29 is 28.3 Å². The number of pyridine rings is 1. The molecule has 204 valence electrons. The summed E-state index contributed by atoms with van der Waals surface area (Å²) in [6, 6.07) is 10.8. The third-order valence-corrected chi connectivity index (χ3v) is 8.76. The smallest absolute Gasteiger partial charge is 0.415 e. The number of carbonyl (C=O) groups is 1. The summed E-state index contributed by atoms with van der Waals surface area (Å²) >= 11 is 0. The predicted octanol–water partition coefficient (Wildman–Crippen LogP) is 3.30. The second-order valence-electron chi connectivity index (χ2n) is 11.0. The minimum Gasteiger partial charge on any atom is -0.493 e. The van der Waals surface area contributed by atoms with Gasteiger partial charge >= 0.3 is 6.09 Å². The number of piperazine rings is 1. The second kappa shape index (κ2) is 9.88. The molecule has 0 bridgehead atoms. The average molecular weight is 532 g/mol. The molecular weight excluding hydrogens is 496 g/mol. The number of hydrogen-bond acceptors (Lipinski definition) is 7. The van der Waals surface area contributed by atoms with Gasteiger partial charge in [0, 0.05) is 57.8 Å². The van der Waals surface area contributed by atoms with Crippen LogP contribution < -0.4 is 23.5 Å². The number of fused-ring (bicyclic) bond motifs is 5. The van der Waals surface area contributed by atoms with Gasteiger partial charge in [-0.1, -0.05) is 0 Å². The number of likely N-dealkylation sites (tertiary alicyclic amines) is 1. The van der Waals surface area contributed by atoms with Crippen LogP contribution >= 0.6 is 0 Å². The number of carbonyl (C=O) groups excluding carboxylic acids is 1. The first-order valence-electron chi connectivity index (χ1n) is 13.9. The Balaban J connectivity index is 1.13.